The van der Waals surface area contributed by atoms with Crippen molar-refractivity contribution in [1.82, 2.24) is 14.8 Å². The minimum atomic E-state index is -0.569. The third-order valence-corrected chi connectivity index (χ3v) is 4.49. The molecule has 9 nitrogen and oxygen atoms in total. The second kappa shape index (κ2) is 9.52. The molecule has 0 bridgehead atoms. The van der Waals surface area contributed by atoms with E-state index in [4.69, 9.17) is 21.1 Å². The number of ether oxygens (including phenoxy) is 2. The molecule has 28 heavy (non-hydrogen) atoms. The first-order chi connectivity index (χ1) is 13.6. The van der Waals surface area contributed by atoms with E-state index in [1.807, 2.05) is 10.9 Å². The summed E-state index contributed by atoms with van der Waals surface area (Å²) in [6, 6.07) is 3.05. The maximum atomic E-state index is 11.8. The summed E-state index contributed by atoms with van der Waals surface area (Å²) in [6.45, 7) is 1.14. The third-order valence-electron chi connectivity index (χ3n) is 4.25. The number of aromatic nitrogens is 3. The van der Waals surface area contributed by atoms with Crippen LogP contribution in [0.4, 0.5) is 11.5 Å². The van der Waals surface area contributed by atoms with E-state index in [1.165, 1.54) is 13.2 Å². The van der Waals surface area contributed by atoms with Gasteiger partial charge in [0.05, 0.1) is 19.0 Å². The molecule has 0 aliphatic carbocycles. The third kappa shape index (κ3) is 4.99. The molecule has 2 aromatic heterocycles. The van der Waals surface area contributed by atoms with E-state index in [2.05, 4.69) is 20.7 Å². The highest BCUT2D eigenvalue weighted by Crippen LogP contribution is 2.23. The van der Waals surface area contributed by atoms with Gasteiger partial charge in [-0.2, -0.15) is 5.10 Å². The summed E-state index contributed by atoms with van der Waals surface area (Å²) < 4.78 is 12.2. The van der Waals surface area contributed by atoms with Crippen LogP contribution in [0.1, 0.15) is 41.5 Å². The van der Waals surface area contributed by atoms with Gasteiger partial charge >= 0.3 is 5.97 Å². The highest BCUT2D eigenvalue weighted by atomic mass is 35.5. The van der Waals surface area contributed by atoms with Crippen molar-refractivity contribution in [3.8, 4) is 0 Å². The van der Waals surface area contributed by atoms with Gasteiger partial charge in [-0.05, 0) is 31.4 Å². The lowest BCUT2D eigenvalue weighted by molar-refractivity contribution is -0.113. The molecule has 2 N–H and O–H groups in total. The van der Waals surface area contributed by atoms with E-state index in [-0.39, 0.29) is 23.7 Å². The van der Waals surface area contributed by atoms with Crippen LogP contribution in [0.3, 0.4) is 0 Å². The van der Waals surface area contributed by atoms with Crippen molar-refractivity contribution in [2.75, 3.05) is 30.2 Å². The number of methoxy groups -OCH3 is 1. The molecule has 1 amide bonds. The Bertz CT molecular complexity index is 835. The van der Waals surface area contributed by atoms with Crippen molar-refractivity contribution in [3.63, 3.8) is 0 Å². The van der Waals surface area contributed by atoms with Crippen molar-refractivity contribution in [1.29, 1.82) is 0 Å². The molecule has 1 atom stereocenters. The number of anilines is 2. The second-order valence-corrected chi connectivity index (χ2v) is 6.54. The van der Waals surface area contributed by atoms with E-state index in [0.29, 0.717) is 18.1 Å². The Labute approximate surface area is 167 Å². The standard InChI is InChI=1S/C18H22ClN5O4/c1-27-18(26)14-6-5-13(22-15(25)8-19)17(23-14)20-9-12-10-21-24(11-12)16-4-2-3-7-28-16/h5-6,10-11,16H,2-4,7-9H2,1H3,(H,20,23)(H,22,25). The quantitative estimate of drug-likeness (QED) is 0.536. The van der Waals surface area contributed by atoms with Crippen molar-refractivity contribution in [2.45, 2.75) is 32.0 Å². The average Bonchev–Trinajstić information content (AvgIpc) is 3.22. The fraction of sp³-hybridized carbons (Fsp3) is 0.444. The van der Waals surface area contributed by atoms with Crippen LogP contribution >= 0.6 is 11.6 Å². The van der Waals surface area contributed by atoms with Crippen LogP contribution in [0.15, 0.2) is 24.5 Å². The zero-order chi connectivity index (χ0) is 19.9. The molecule has 3 rings (SSSR count). The van der Waals surface area contributed by atoms with Gasteiger partial charge in [-0.3, -0.25) is 4.79 Å². The Balaban J connectivity index is 1.73. The van der Waals surface area contributed by atoms with Gasteiger partial charge in [-0.15, -0.1) is 11.6 Å². The number of esters is 1. The molecule has 2 aromatic rings. The molecule has 150 valence electrons. The summed E-state index contributed by atoms with van der Waals surface area (Å²) in [7, 11) is 1.28. The van der Waals surface area contributed by atoms with Crippen molar-refractivity contribution < 1.29 is 19.1 Å². The van der Waals surface area contributed by atoms with Crippen molar-refractivity contribution in [2.24, 2.45) is 0 Å². The molecule has 3 heterocycles. The largest absolute Gasteiger partial charge is 0.464 e. The number of rotatable bonds is 7. The number of amides is 1. The lowest BCUT2D eigenvalue weighted by Gasteiger charge is -2.22. The Kier molecular flexibility index (Phi) is 6.83. The van der Waals surface area contributed by atoms with Gasteiger partial charge in [0.1, 0.15) is 12.1 Å². The highest BCUT2D eigenvalue weighted by molar-refractivity contribution is 6.29. The Morgan fingerprint density at radius 1 is 1.39 bits per heavy atom. The number of alkyl halides is 1. The highest BCUT2D eigenvalue weighted by Gasteiger charge is 2.17. The number of carbonyl (C=O) groups excluding carboxylic acids is 2. The van der Waals surface area contributed by atoms with Crippen LogP contribution in [0.25, 0.3) is 0 Å². The first-order valence-electron chi connectivity index (χ1n) is 8.94. The first kappa shape index (κ1) is 20.1. The smallest absolute Gasteiger partial charge is 0.356 e. The second-order valence-electron chi connectivity index (χ2n) is 6.27. The summed E-state index contributed by atoms with van der Waals surface area (Å²) in [5.74, 6) is -0.796. The number of hydrogen-bond donors (Lipinski definition) is 2. The van der Waals surface area contributed by atoms with Gasteiger partial charge < -0.3 is 20.1 Å². The van der Waals surface area contributed by atoms with Crippen LogP contribution in [-0.2, 0) is 20.8 Å². The van der Waals surface area contributed by atoms with Crippen LogP contribution < -0.4 is 10.6 Å². The minimum absolute atomic E-state index is 0.0400. The summed E-state index contributed by atoms with van der Waals surface area (Å²) in [5.41, 5.74) is 1.45. The summed E-state index contributed by atoms with van der Waals surface area (Å²) >= 11 is 5.56. The van der Waals surface area contributed by atoms with Crippen LogP contribution in [-0.4, -0.2) is 46.2 Å². The van der Waals surface area contributed by atoms with Gasteiger partial charge in [-0.1, -0.05) is 0 Å². The van der Waals surface area contributed by atoms with E-state index >= 15 is 0 Å². The summed E-state index contributed by atoms with van der Waals surface area (Å²) in [6.07, 6.45) is 6.74. The van der Waals surface area contributed by atoms with Crippen molar-refractivity contribution >= 4 is 35.0 Å². The maximum Gasteiger partial charge on any atom is 0.356 e. The lowest BCUT2D eigenvalue weighted by atomic mass is 10.2. The number of hydrogen-bond acceptors (Lipinski definition) is 7. The molecule has 10 heteroatoms. The summed E-state index contributed by atoms with van der Waals surface area (Å²) in [5, 5.41) is 10.1. The molecule has 1 aliphatic rings. The molecule has 1 saturated heterocycles. The molecule has 1 fully saturated rings. The van der Waals surface area contributed by atoms with Gasteiger partial charge in [0.15, 0.2) is 11.5 Å². The number of nitrogens with zero attached hydrogens (tertiary/aromatic N) is 3. The zero-order valence-electron chi connectivity index (χ0n) is 15.5. The Morgan fingerprint density at radius 3 is 2.96 bits per heavy atom. The maximum absolute atomic E-state index is 11.8. The van der Waals surface area contributed by atoms with Crippen LogP contribution in [0.5, 0.6) is 0 Å². The molecule has 0 radical (unpaired) electrons. The number of halogens is 1. The predicted octanol–water partition coefficient (Wildman–Crippen LogP) is 2.55. The number of nitrogens with one attached hydrogen (secondary N) is 2. The normalized spacial score (nSPS) is 16.4. The average molecular weight is 408 g/mol. The van der Waals surface area contributed by atoms with E-state index in [0.717, 1.165) is 31.4 Å². The van der Waals surface area contributed by atoms with Gasteiger partial charge in [0.25, 0.3) is 0 Å². The monoisotopic (exact) mass is 407 g/mol. The van der Waals surface area contributed by atoms with Crippen molar-refractivity contribution in [3.05, 3.63) is 35.8 Å². The Morgan fingerprint density at radius 2 is 2.25 bits per heavy atom. The minimum Gasteiger partial charge on any atom is -0.464 e. The van der Waals surface area contributed by atoms with Gasteiger partial charge in [0, 0.05) is 24.9 Å². The molecule has 0 saturated carbocycles. The molecular formula is C18H22ClN5O4. The fourth-order valence-electron chi connectivity index (χ4n) is 2.84. The van der Waals surface area contributed by atoms with E-state index in [1.54, 1.807) is 12.3 Å². The number of pyridine rings is 1. The lowest BCUT2D eigenvalue weighted by Crippen LogP contribution is -2.18. The molecular weight excluding hydrogens is 386 g/mol. The van der Waals surface area contributed by atoms with Gasteiger partial charge in [-0.25, -0.2) is 14.5 Å². The molecule has 0 spiro atoms. The summed E-state index contributed by atoms with van der Waals surface area (Å²) in [4.78, 5) is 27.7. The first-order valence-corrected chi connectivity index (χ1v) is 9.48. The van der Waals surface area contributed by atoms with Crippen LogP contribution in [0, 0.1) is 0 Å². The predicted molar refractivity (Wildman–Crippen MR) is 103 cm³/mol. The fourth-order valence-corrected chi connectivity index (χ4v) is 2.91. The van der Waals surface area contributed by atoms with E-state index in [9.17, 15) is 9.59 Å². The molecule has 1 aliphatic heterocycles. The molecule has 0 aromatic carbocycles. The number of carbonyl (C=O) groups is 2. The topological polar surface area (TPSA) is 107 Å². The zero-order valence-corrected chi connectivity index (χ0v) is 16.2. The molecule has 1 unspecified atom stereocenters. The Hall–Kier alpha value is -2.65. The van der Waals surface area contributed by atoms with Gasteiger partial charge in [0.2, 0.25) is 5.91 Å². The van der Waals surface area contributed by atoms with Crippen LogP contribution in [0.2, 0.25) is 0 Å². The SMILES string of the molecule is COC(=O)c1ccc(NC(=O)CCl)c(NCc2cnn(C3CCCCO3)c2)n1. The van der Waals surface area contributed by atoms with E-state index < -0.39 is 5.97 Å².